The van der Waals surface area contributed by atoms with E-state index in [1.165, 1.54) is 11.1 Å². The molecular formula is C74H69N4O3Pt-. The average Bonchev–Trinajstić information content (AvgIpc) is 2.57. The van der Waals surface area contributed by atoms with Crippen LogP contribution in [0.3, 0.4) is 0 Å². The average molecular weight is 1260 g/mol. The number of aromatic nitrogens is 4. The van der Waals surface area contributed by atoms with Gasteiger partial charge in [0.1, 0.15) is 22.7 Å². The fourth-order valence-electron chi connectivity index (χ4n) is 12.2. The number of phenols is 1. The van der Waals surface area contributed by atoms with Crippen LogP contribution >= 0.6 is 0 Å². The molecule has 0 atom stereocenters. The van der Waals surface area contributed by atoms with E-state index < -0.39 is 0 Å². The van der Waals surface area contributed by atoms with Crippen LogP contribution < -0.4 is 0 Å². The maximum Gasteiger partial charge on any atom is 0.178 e. The molecule has 13 rings (SSSR count). The van der Waals surface area contributed by atoms with Gasteiger partial charge in [0, 0.05) is 59.4 Å². The van der Waals surface area contributed by atoms with Crippen molar-refractivity contribution in [3.8, 4) is 62.2 Å². The third-order valence-corrected chi connectivity index (χ3v) is 16.5. The molecule has 4 heterocycles. The van der Waals surface area contributed by atoms with Gasteiger partial charge >= 0.3 is 0 Å². The minimum Gasteiger partial charge on any atom is -0.507 e. The summed E-state index contributed by atoms with van der Waals surface area (Å²) in [5, 5.41) is 16.8. The maximum absolute atomic E-state index is 12.7. The van der Waals surface area contributed by atoms with Crippen LogP contribution in [0.15, 0.2) is 173 Å². The Hall–Kier alpha value is -7.99. The molecule has 0 radical (unpaired) electrons. The number of phenolic OH excluding ortho intramolecular Hbond substituents is 1. The number of hydrogen-bond acceptors (Lipinski definition) is 5. The van der Waals surface area contributed by atoms with Gasteiger partial charge in [-0.3, -0.25) is 9.55 Å². The molecule has 1 N–H and O–H groups in total. The van der Waals surface area contributed by atoms with Gasteiger partial charge in [-0.1, -0.05) is 204 Å². The van der Waals surface area contributed by atoms with Gasteiger partial charge in [-0.15, -0.1) is 29.3 Å². The molecule has 0 bridgehead atoms. The monoisotopic (exact) mass is 1260 g/mol. The third kappa shape index (κ3) is 8.90. The van der Waals surface area contributed by atoms with E-state index in [1.807, 2.05) is 12.1 Å². The Morgan fingerprint density at radius 1 is 0.488 bits per heavy atom. The second-order valence-corrected chi connectivity index (χ2v) is 25.9. The van der Waals surface area contributed by atoms with Crippen LogP contribution in [-0.4, -0.2) is 24.2 Å². The summed E-state index contributed by atoms with van der Waals surface area (Å²) in [5.74, 6) is 2.03. The van der Waals surface area contributed by atoms with Gasteiger partial charge in [0.2, 0.25) is 0 Å². The van der Waals surface area contributed by atoms with Crippen molar-refractivity contribution < 1.29 is 35.0 Å². The van der Waals surface area contributed by atoms with Crippen LogP contribution in [0.5, 0.6) is 5.75 Å². The van der Waals surface area contributed by atoms with Crippen molar-refractivity contribution in [2.75, 3.05) is 0 Å². The van der Waals surface area contributed by atoms with Gasteiger partial charge in [0.25, 0.3) is 0 Å². The Morgan fingerprint density at radius 2 is 1.07 bits per heavy atom. The fourth-order valence-corrected chi connectivity index (χ4v) is 12.2. The smallest absolute Gasteiger partial charge is 0.178 e. The zero-order chi connectivity index (χ0) is 56.6. The minimum absolute atomic E-state index is 0. The molecule has 8 heteroatoms. The molecule has 13 aromatic rings. The van der Waals surface area contributed by atoms with E-state index in [0.29, 0.717) is 11.4 Å². The van der Waals surface area contributed by atoms with Crippen molar-refractivity contribution in [2.45, 2.75) is 118 Å². The van der Waals surface area contributed by atoms with Crippen molar-refractivity contribution in [3.05, 3.63) is 198 Å². The number of aromatic hydroxyl groups is 1. The first kappa shape index (κ1) is 54.6. The van der Waals surface area contributed by atoms with Crippen molar-refractivity contribution in [3.63, 3.8) is 0 Å². The number of benzene rings is 9. The molecule has 0 amide bonds. The first-order valence-corrected chi connectivity index (χ1v) is 28.6. The van der Waals surface area contributed by atoms with Crippen molar-refractivity contribution >= 4 is 65.9 Å². The number of nitrogens with zero attached hydrogens (tertiary/aromatic N) is 4. The summed E-state index contributed by atoms with van der Waals surface area (Å²) in [4.78, 5) is 11.5. The molecule has 7 nitrogen and oxygen atoms in total. The Morgan fingerprint density at radius 3 is 1.77 bits per heavy atom. The summed E-state index contributed by atoms with van der Waals surface area (Å²) in [6, 6.07) is 62.0. The number of rotatable bonds is 8. The first-order valence-electron chi connectivity index (χ1n) is 28.6. The van der Waals surface area contributed by atoms with E-state index in [4.69, 9.17) is 18.8 Å². The van der Waals surface area contributed by atoms with Crippen molar-refractivity contribution in [1.29, 1.82) is 0 Å². The summed E-state index contributed by atoms with van der Waals surface area (Å²) < 4.78 is 18.5. The van der Waals surface area contributed by atoms with Gasteiger partial charge in [-0.05, 0) is 98.9 Å². The molecule has 0 fully saturated rings. The predicted octanol–water partition coefficient (Wildman–Crippen LogP) is 20.5. The topological polar surface area (TPSA) is 82.1 Å². The summed E-state index contributed by atoms with van der Waals surface area (Å²) >= 11 is 0. The van der Waals surface area contributed by atoms with Gasteiger partial charge in [-0.2, -0.15) is 0 Å². The molecule has 0 saturated carbocycles. The van der Waals surface area contributed by atoms with Gasteiger partial charge in [0.15, 0.2) is 16.7 Å². The molecule has 0 spiro atoms. The van der Waals surface area contributed by atoms with E-state index in [-0.39, 0.29) is 54.9 Å². The second kappa shape index (κ2) is 19.9. The molecule has 4 aromatic heterocycles. The molecule has 9 aromatic carbocycles. The predicted molar refractivity (Wildman–Crippen MR) is 337 cm³/mol. The number of fused-ring (bicyclic) bond motifs is 10. The van der Waals surface area contributed by atoms with Gasteiger partial charge in [0.05, 0.1) is 33.6 Å². The van der Waals surface area contributed by atoms with Gasteiger partial charge < -0.3 is 18.5 Å². The van der Waals surface area contributed by atoms with Crippen LogP contribution in [0, 0.1) is 6.07 Å². The van der Waals surface area contributed by atoms with E-state index in [9.17, 15) is 5.11 Å². The standard InChI is InChI=1S/C74H69N4O3.Pt/c1-42(2)49-27-21-28-50(43(3)4)64(49)78-65-59(36-35-55-56-34-33-54-53-26-18-20-32-62(53)80-68(54)69(56)81-67(55)65)75-70(78)46-37-45(38-47(39-46)72(5,6)7)52-29-22-31-61-63(52)76-71(57-40-48(73(8,9)10)41-58(66(57)79)74(11,12)13)77(61)60-30-19-17-25-51(60)44-23-15-14-16-24-44;/h14-36,38-43,79H,1-13H3;/q-1;. The zero-order valence-corrected chi connectivity index (χ0v) is 51.4. The SMILES string of the molecule is CC(C)c1cccc(C(C)C)c1-n1c(-c2[c-]c(-c3cccc4c3nc(-c3cc(C(C)(C)C)cc(C(C)(C)C)c3O)n4-c3ccccc3-c3ccccc3)cc(C(C)(C)C)c2)nc2ccc3c4ccc5c6ccccc6oc5c4oc3c21.[Pt]. The third-order valence-electron chi connectivity index (χ3n) is 16.5. The molecule has 0 aliphatic heterocycles. The second-order valence-electron chi connectivity index (χ2n) is 25.9. The Labute approximate surface area is 494 Å². The summed E-state index contributed by atoms with van der Waals surface area (Å²) in [6.07, 6.45) is 0. The Balaban J connectivity index is 0.00000665. The van der Waals surface area contributed by atoms with Crippen LogP contribution in [0.4, 0.5) is 0 Å². The molecule has 0 saturated heterocycles. The zero-order valence-electron chi connectivity index (χ0n) is 49.1. The van der Waals surface area contributed by atoms with Crippen LogP contribution in [-0.2, 0) is 37.3 Å². The van der Waals surface area contributed by atoms with Crippen LogP contribution in [0.1, 0.15) is 130 Å². The molecule has 0 aliphatic carbocycles. The van der Waals surface area contributed by atoms with Gasteiger partial charge in [-0.25, -0.2) is 4.98 Å². The Bertz CT molecular complexity index is 4630. The molecule has 82 heavy (non-hydrogen) atoms. The number of imidazole rings is 2. The van der Waals surface area contributed by atoms with E-state index in [0.717, 1.165) is 128 Å². The quantitative estimate of drug-likeness (QED) is 0.153. The normalized spacial score (nSPS) is 12.6. The van der Waals surface area contributed by atoms with Crippen molar-refractivity contribution in [2.24, 2.45) is 0 Å². The summed E-state index contributed by atoms with van der Waals surface area (Å²) in [6.45, 7) is 29.1. The minimum atomic E-state index is -0.359. The number of hydrogen-bond donors (Lipinski definition) is 1. The van der Waals surface area contributed by atoms with E-state index in [1.54, 1.807) is 0 Å². The van der Waals surface area contributed by atoms with E-state index in [2.05, 4.69) is 257 Å². The Kier molecular flexibility index (Phi) is 13.2. The largest absolute Gasteiger partial charge is 0.507 e. The van der Waals surface area contributed by atoms with Crippen molar-refractivity contribution in [1.82, 2.24) is 19.1 Å². The van der Waals surface area contributed by atoms with Crippen LogP contribution in [0.25, 0.3) is 122 Å². The van der Waals surface area contributed by atoms with Crippen LogP contribution in [0.2, 0.25) is 0 Å². The molecule has 414 valence electrons. The molecule has 0 aliphatic rings. The molecule has 0 unspecified atom stereocenters. The van der Waals surface area contributed by atoms with E-state index >= 15 is 0 Å². The first-order chi connectivity index (χ1) is 38.7. The number of furan rings is 2. The number of para-hydroxylation sites is 4. The summed E-state index contributed by atoms with van der Waals surface area (Å²) in [7, 11) is 0. The maximum atomic E-state index is 12.7. The summed E-state index contributed by atoms with van der Waals surface area (Å²) in [5.41, 5.74) is 18.7. The fraction of sp³-hybridized carbons (Fsp3) is 0.243. The molecular weight excluding hydrogens is 1190 g/mol.